The molecular formula is C14H17NO3. The lowest BCUT2D eigenvalue weighted by Crippen LogP contribution is -2.23. The van der Waals surface area contributed by atoms with Crippen molar-refractivity contribution >= 4 is 11.9 Å². The molecule has 18 heavy (non-hydrogen) atoms. The minimum atomic E-state index is -0.423. The quantitative estimate of drug-likeness (QED) is 0.611. The third kappa shape index (κ3) is 5.84. The second kappa shape index (κ2) is 8.06. The van der Waals surface area contributed by atoms with Crippen LogP contribution in [0, 0.1) is 0 Å². The lowest BCUT2D eigenvalue weighted by molar-refractivity contribution is -0.134. The number of carbonyl (C=O) groups is 2. The molecule has 4 heteroatoms. The van der Waals surface area contributed by atoms with E-state index in [1.807, 2.05) is 30.3 Å². The van der Waals surface area contributed by atoms with E-state index in [0.717, 1.165) is 5.56 Å². The van der Waals surface area contributed by atoms with E-state index in [0.29, 0.717) is 19.4 Å². The highest BCUT2D eigenvalue weighted by molar-refractivity contribution is 5.82. The number of benzene rings is 1. The van der Waals surface area contributed by atoms with E-state index >= 15 is 0 Å². The Hall–Kier alpha value is -2.10. The van der Waals surface area contributed by atoms with Gasteiger partial charge in [0.15, 0.2) is 0 Å². The van der Waals surface area contributed by atoms with E-state index in [1.54, 1.807) is 6.08 Å². The number of esters is 1. The molecule has 1 aromatic rings. The van der Waals surface area contributed by atoms with E-state index in [9.17, 15) is 9.59 Å². The van der Waals surface area contributed by atoms with E-state index in [4.69, 9.17) is 0 Å². The topological polar surface area (TPSA) is 55.4 Å². The molecule has 0 fully saturated rings. The molecule has 0 spiro atoms. The number of methoxy groups -OCH3 is 1. The van der Waals surface area contributed by atoms with Crippen LogP contribution in [0.1, 0.15) is 12.0 Å². The average Bonchev–Trinajstić information content (AvgIpc) is 2.42. The van der Waals surface area contributed by atoms with Gasteiger partial charge < -0.3 is 10.1 Å². The average molecular weight is 247 g/mol. The fourth-order valence-electron chi connectivity index (χ4n) is 1.39. The van der Waals surface area contributed by atoms with Gasteiger partial charge in [0.05, 0.1) is 7.11 Å². The van der Waals surface area contributed by atoms with Crippen molar-refractivity contribution < 1.29 is 14.3 Å². The van der Waals surface area contributed by atoms with Crippen LogP contribution in [0.4, 0.5) is 0 Å². The fraction of sp³-hybridized carbons (Fsp3) is 0.286. The number of carbonyl (C=O) groups excluding carboxylic acids is 2. The highest BCUT2D eigenvalue weighted by Gasteiger charge is 2.00. The van der Waals surface area contributed by atoms with Gasteiger partial charge >= 0.3 is 5.97 Å². The number of rotatable bonds is 6. The molecule has 1 amide bonds. The number of nitrogens with one attached hydrogen (secondary N) is 1. The van der Waals surface area contributed by atoms with Crippen LogP contribution in [0.25, 0.3) is 0 Å². The first-order chi connectivity index (χ1) is 8.72. The molecule has 0 unspecified atom stereocenters. The summed E-state index contributed by atoms with van der Waals surface area (Å²) in [7, 11) is 1.31. The molecule has 1 rings (SSSR count). The predicted molar refractivity (Wildman–Crippen MR) is 68.9 cm³/mol. The molecule has 0 atom stereocenters. The maximum absolute atomic E-state index is 11.5. The van der Waals surface area contributed by atoms with Gasteiger partial charge in [-0.25, -0.2) is 4.79 Å². The van der Waals surface area contributed by atoms with Crippen LogP contribution in [0.3, 0.4) is 0 Å². The summed E-state index contributed by atoms with van der Waals surface area (Å²) in [5.41, 5.74) is 1.14. The van der Waals surface area contributed by atoms with Gasteiger partial charge in [-0.3, -0.25) is 4.79 Å². The summed E-state index contributed by atoms with van der Waals surface area (Å²) >= 11 is 0. The SMILES string of the molecule is COC(=O)/C=C/CNC(=O)CCc1ccccc1. The van der Waals surface area contributed by atoms with Crippen LogP contribution in [0.5, 0.6) is 0 Å². The third-order valence-electron chi connectivity index (χ3n) is 2.36. The smallest absolute Gasteiger partial charge is 0.330 e. The van der Waals surface area contributed by atoms with Crippen molar-refractivity contribution in [2.45, 2.75) is 12.8 Å². The summed E-state index contributed by atoms with van der Waals surface area (Å²) in [6.07, 6.45) is 4.01. The highest BCUT2D eigenvalue weighted by Crippen LogP contribution is 2.01. The van der Waals surface area contributed by atoms with Crippen LogP contribution < -0.4 is 5.32 Å². The highest BCUT2D eigenvalue weighted by atomic mass is 16.5. The fourth-order valence-corrected chi connectivity index (χ4v) is 1.39. The van der Waals surface area contributed by atoms with Crippen molar-refractivity contribution in [3.8, 4) is 0 Å². The van der Waals surface area contributed by atoms with Crippen molar-refractivity contribution in [2.24, 2.45) is 0 Å². The molecular weight excluding hydrogens is 230 g/mol. The summed E-state index contributed by atoms with van der Waals surface area (Å²) < 4.78 is 4.42. The lowest BCUT2D eigenvalue weighted by Gasteiger charge is -2.02. The summed E-state index contributed by atoms with van der Waals surface area (Å²) in [5, 5.41) is 2.70. The van der Waals surface area contributed by atoms with Crippen molar-refractivity contribution in [1.29, 1.82) is 0 Å². The molecule has 0 bridgehead atoms. The molecule has 0 aliphatic heterocycles. The van der Waals surface area contributed by atoms with Gasteiger partial charge in [-0.1, -0.05) is 36.4 Å². The normalized spacial score (nSPS) is 10.3. The first-order valence-corrected chi connectivity index (χ1v) is 5.77. The third-order valence-corrected chi connectivity index (χ3v) is 2.36. The summed E-state index contributed by atoms with van der Waals surface area (Å²) in [5.74, 6) is -0.457. The zero-order chi connectivity index (χ0) is 13.2. The zero-order valence-corrected chi connectivity index (χ0v) is 10.4. The van der Waals surface area contributed by atoms with E-state index in [1.165, 1.54) is 13.2 Å². The Kier molecular flexibility index (Phi) is 6.25. The zero-order valence-electron chi connectivity index (χ0n) is 10.4. The summed E-state index contributed by atoms with van der Waals surface area (Å²) in [4.78, 5) is 22.2. The molecule has 0 saturated carbocycles. The first kappa shape index (κ1) is 14.0. The molecule has 1 N–H and O–H groups in total. The molecule has 0 aliphatic carbocycles. The van der Waals surface area contributed by atoms with Crippen LogP contribution in [-0.2, 0) is 20.7 Å². The Morgan fingerprint density at radius 2 is 2.00 bits per heavy atom. The number of amides is 1. The largest absolute Gasteiger partial charge is 0.466 e. The summed E-state index contributed by atoms with van der Waals surface area (Å²) in [6.45, 7) is 0.336. The van der Waals surface area contributed by atoms with Crippen LogP contribution >= 0.6 is 0 Å². The predicted octanol–water partition coefficient (Wildman–Crippen LogP) is 1.46. The van der Waals surface area contributed by atoms with E-state index in [-0.39, 0.29) is 5.91 Å². The molecule has 96 valence electrons. The van der Waals surface area contributed by atoms with Gasteiger partial charge in [-0.05, 0) is 12.0 Å². The lowest BCUT2D eigenvalue weighted by atomic mass is 10.1. The Balaban J connectivity index is 2.18. The minimum Gasteiger partial charge on any atom is -0.466 e. The minimum absolute atomic E-state index is 0.0339. The molecule has 1 aromatic carbocycles. The standard InChI is InChI=1S/C14H17NO3/c1-18-14(17)8-5-11-15-13(16)10-9-12-6-3-2-4-7-12/h2-8H,9-11H2,1H3,(H,15,16)/b8-5+. The first-order valence-electron chi connectivity index (χ1n) is 5.77. The van der Waals surface area contributed by atoms with Crippen molar-refractivity contribution in [1.82, 2.24) is 5.32 Å². The molecule has 4 nitrogen and oxygen atoms in total. The van der Waals surface area contributed by atoms with Gasteiger partial charge in [-0.2, -0.15) is 0 Å². The number of ether oxygens (including phenoxy) is 1. The molecule has 0 aromatic heterocycles. The Bertz CT molecular complexity index is 412. The van der Waals surface area contributed by atoms with Crippen LogP contribution in [-0.4, -0.2) is 25.5 Å². The maximum atomic E-state index is 11.5. The second-order valence-electron chi connectivity index (χ2n) is 3.72. The van der Waals surface area contributed by atoms with Gasteiger partial charge in [-0.15, -0.1) is 0 Å². The van der Waals surface area contributed by atoms with Gasteiger partial charge in [0.2, 0.25) is 5.91 Å². The van der Waals surface area contributed by atoms with Gasteiger partial charge in [0, 0.05) is 19.0 Å². The molecule has 0 saturated heterocycles. The van der Waals surface area contributed by atoms with Crippen molar-refractivity contribution in [3.05, 3.63) is 48.0 Å². The molecule has 0 aliphatic rings. The second-order valence-corrected chi connectivity index (χ2v) is 3.72. The van der Waals surface area contributed by atoms with Crippen molar-refractivity contribution in [3.63, 3.8) is 0 Å². The van der Waals surface area contributed by atoms with Crippen LogP contribution in [0.15, 0.2) is 42.5 Å². The summed E-state index contributed by atoms with van der Waals surface area (Å²) in [6, 6.07) is 9.83. The Labute approximate surface area is 107 Å². The van der Waals surface area contributed by atoms with Crippen molar-refractivity contribution in [2.75, 3.05) is 13.7 Å². The number of aryl methyl sites for hydroxylation is 1. The van der Waals surface area contributed by atoms with Crippen LogP contribution in [0.2, 0.25) is 0 Å². The molecule has 0 heterocycles. The van der Waals surface area contributed by atoms with E-state index < -0.39 is 5.97 Å². The Morgan fingerprint density at radius 3 is 2.67 bits per heavy atom. The number of hydrogen-bond donors (Lipinski definition) is 1. The molecule has 0 radical (unpaired) electrons. The van der Waals surface area contributed by atoms with Gasteiger partial charge in [0.1, 0.15) is 0 Å². The Morgan fingerprint density at radius 1 is 1.28 bits per heavy atom. The van der Waals surface area contributed by atoms with Gasteiger partial charge in [0.25, 0.3) is 0 Å². The number of hydrogen-bond acceptors (Lipinski definition) is 3. The van der Waals surface area contributed by atoms with E-state index in [2.05, 4.69) is 10.1 Å². The maximum Gasteiger partial charge on any atom is 0.330 e. The monoisotopic (exact) mass is 247 g/mol.